The smallest absolute Gasteiger partial charge is 0.308 e. The molecule has 2 unspecified atom stereocenters. The van der Waals surface area contributed by atoms with E-state index in [2.05, 4.69) is 13.8 Å². The summed E-state index contributed by atoms with van der Waals surface area (Å²) in [6, 6.07) is 9.74. The van der Waals surface area contributed by atoms with Crippen LogP contribution < -0.4 is 0 Å². The minimum Gasteiger partial charge on any atom is -0.481 e. The summed E-state index contributed by atoms with van der Waals surface area (Å²) in [5, 5.41) is 9.16. The minimum absolute atomic E-state index is 0.0418. The summed E-state index contributed by atoms with van der Waals surface area (Å²) in [5.41, 5.74) is 0.874. The predicted molar refractivity (Wildman–Crippen MR) is 81.0 cm³/mol. The molecule has 114 valence electrons. The van der Waals surface area contributed by atoms with E-state index < -0.39 is 11.9 Å². The Kier molecular flexibility index (Phi) is 4.35. The van der Waals surface area contributed by atoms with E-state index in [0.29, 0.717) is 19.4 Å². The summed E-state index contributed by atoms with van der Waals surface area (Å²) in [4.78, 5) is 25.4. The molecular formula is C17H23NO3. The molecule has 21 heavy (non-hydrogen) atoms. The number of hydrogen-bond donors (Lipinski definition) is 1. The maximum Gasteiger partial charge on any atom is 0.308 e. The highest BCUT2D eigenvalue weighted by Crippen LogP contribution is 2.31. The van der Waals surface area contributed by atoms with Gasteiger partial charge in [0.1, 0.15) is 0 Å². The molecule has 0 spiro atoms. The number of rotatable bonds is 4. The van der Waals surface area contributed by atoms with E-state index in [1.807, 2.05) is 37.3 Å². The first-order chi connectivity index (χ1) is 9.83. The number of benzene rings is 1. The van der Waals surface area contributed by atoms with E-state index in [9.17, 15) is 9.59 Å². The van der Waals surface area contributed by atoms with Gasteiger partial charge in [0.2, 0.25) is 5.91 Å². The number of nitrogens with zero attached hydrogens (tertiary/aromatic N) is 1. The van der Waals surface area contributed by atoms with Crippen LogP contribution in [0.5, 0.6) is 0 Å². The van der Waals surface area contributed by atoms with Crippen molar-refractivity contribution in [3.05, 3.63) is 35.9 Å². The van der Waals surface area contributed by atoms with E-state index in [-0.39, 0.29) is 17.4 Å². The highest BCUT2D eigenvalue weighted by atomic mass is 16.4. The minimum atomic E-state index is -0.805. The molecule has 1 N–H and O–H groups in total. The van der Waals surface area contributed by atoms with Gasteiger partial charge in [-0.15, -0.1) is 0 Å². The van der Waals surface area contributed by atoms with Gasteiger partial charge in [-0.2, -0.15) is 0 Å². The van der Waals surface area contributed by atoms with Crippen molar-refractivity contribution >= 4 is 11.9 Å². The van der Waals surface area contributed by atoms with E-state index in [1.165, 1.54) is 0 Å². The average molecular weight is 289 g/mol. The van der Waals surface area contributed by atoms with Crippen molar-refractivity contribution in [3.63, 3.8) is 0 Å². The Morgan fingerprint density at radius 3 is 2.43 bits per heavy atom. The van der Waals surface area contributed by atoms with Crippen LogP contribution >= 0.6 is 0 Å². The maximum absolute atomic E-state index is 12.5. The molecule has 1 aromatic carbocycles. The molecule has 0 aromatic heterocycles. The first kappa shape index (κ1) is 15.5. The molecule has 2 atom stereocenters. The molecule has 1 heterocycles. The van der Waals surface area contributed by atoms with Gasteiger partial charge in [-0.1, -0.05) is 44.2 Å². The number of carboxylic acid groups (broad SMARTS) is 1. The van der Waals surface area contributed by atoms with Crippen LogP contribution in [-0.4, -0.2) is 34.5 Å². The topological polar surface area (TPSA) is 57.6 Å². The van der Waals surface area contributed by atoms with Crippen molar-refractivity contribution in [1.29, 1.82) is 0 Å². The third-order valence-corrected chi connectivity index (χ3v) is 4.54. The average Bonchev–Trinajstić information content (AvgIpc) is 2.81. The molecule has 0 radical (unpaired) electrons. The van der Waals surface area contributed by atoms with Crippen LogP contribution in [0, 0.1) is 5.92 Å². The summed E-state index contributed by atoms with van der Waals surface area (Å²) >= 11 is 0. The zero-order chi connectivity index (χ0) is 15.6. The summed E-state index contributed by atoms with van der Waals surface area (Å²) in [6.07, 6.45) is 0.946. The highest BCUT2D eigenvalue weighted by Gasteiger charge is 2.39. The van der Waals surface area contributed by atoms with Crippen LogP contribution in [0.15, 0.2) is 30.3 Å². The van der Waals surface area contributed by atoms with Gasteiger partial charge in [0.15, 0.2) is 0 Å². The normalized spacial score (nSPS) is 22.3. The molecule has 1 fully saturated rings. The second-order valence-corrected chi connectivity index (χ2v) is 6.49. The Morgan fingerprint density at radius 2 is 1.90 bits per heavy atom. The lowest BCUT2D eigenvalue weighted by molar-refractivity contribution is -0.143. The van der Waals surface area contributed by atoms with Gasteiger partial charge in [-0.3, -0.25) is 9.59 Å². The van der Waals surface area contributed by atoms with Crippen molar-refractivity contribution in [2.45, 2.75) is 45.1 Å². The molecule has 1 aliphatic rings. The van der Waals surface area contributed by atoms with Crippen molar-refractivity contribution in [2.75, 3.05) is 6.54 Å². The third-order valence-electron chi connectivity index (χ3n) is 4.54. The lowest BCUT2D eigenvalue weighted by atomic mass is 9.81. The molecule has 1 amide bonds. The second kappa shape index (κ2) is 5.88. The molecule has 2 rings (SSSR count). The monoisotopic (exact) mass is 289 g/mol. The lowest BCUT2D eigenvalue weighted by Crippen LogP contribution is -2.40. The Bertz CT molecular complexity index is 524. The first-order valence-electron chi connectivity index (χ1n) is 7.41. The third kappa shape index (κ3) is 3.26. The maximum atomic E-state index is 12.5. The number of carboxylic acids is 1. The number of likely N-dealkylation sites (tertiary alicyclic amines) is 1. The standard InChI is InChI=1S/C17H23NO3/c1-12-14(16(20)21)9-10-18(12)15(19)11-17(2,3)13-7-5-4-6-8-13/h4-8,12,14H,9-11H2,1-3H3,(H,20,21). The van der Waals surface area contributed by atoms with Crippen LogP contribution in [-0.2, 0) is 15.0 Å². The number of carbonyl (C=O) groups excluding carboxylic acids is 1. The van der Waals surface area contributed by atoms with Gasteiger partial charge >= 0.3 is 5.97 Å². The van der Waals surface area contributed by atoms with Gasteiger partial charge in [0, 0.05) is 19.0 Å². The fourth-order valence-corrected chi connectivity index (χ4v) is 3.09. The van der Waals surface area contributed by atoms with Crippen LogP contribution in [0.3, 0.4) is 0 Å². The molecule has 1 aromatic rings. The fraction of sp³-hybridized carbons (Fsp3) is 0.529. The van der Waals surface area contributed by atoms with Crippen molar-refractivity contribution in [1.82, 2.24) is 4.90 Å². The SMILES string of the molecule is CC1C(C(=O)O)CCN1C(=O)CC(C)(C)c1ccccc1. The molecule has 0 bridgehead atoms. The van der Waals surface area contributed by atoms with Gasteiger partial charge < -0.3 is 10.0 Å². The molecule has 4 nitrogen and oxygen atoms in total. The summed E-state index contributed by atoms with van der Waals surface area (Å²) in [6.45, 7) is 6.48. The highest BCUT2D eigenvalue weighted by molar-refractivity contribution is 5.80. The van der Waals surface area contributed by atoms with Gasteiger partial charge in [-0.25, -0.2) is 0 Å². The van der Waals surface area contributed by atoms with E-state index in [1.54, 1.807) is 4.90 Å². The Hall–Kier alpha value is -1.84. The largest absolute Gasteiger partial charge is 0.481 e. The number of amides is 1. The van der Waals surface area contributed by atoms with Crippen molar-refractivity contribution in [2.24, 2.45) is 5.92 Å². The molecule has 4 heteroatoms. The Labute approximate surface area is 125 Å². The molecule has 0 aliphatic carbocycles. The van der Waals surface area contributed by atoms with E-state index in [0.717, 1.165) is 5.56 Å². The second-order valence-electron chi connectivity index (χ2n) is 6.49. The predicted octanol–water partition coefficient (Wildman–Crippen LogP) is 2.68. The van der Waals surface area contributed by atoms with Crippen molar-refractivity contribution in [3.8, 4) is 0 Å². The number of carbonyl (C=O) groups is 2. The van der Waals surface area contributed by atoms with E-state index in [4.69, 9.17) is 5.11 Å². The van der Waals surface area contributed by atoms with Gasteiger partial charge in [0.05, 0.1) is 5.92 Å². The number of hydrogen-bond acceptors (Lipinski definition) is 2. The molecular weight excluding hydrogens is 266 g/mol. The van der Waals surface area contributed by atoms with E-state index >= 15 is 0 Å². The van der Waals surface area contributed by atoms with Crippen LogP contribution in [0.25, 0.3) is 0 Å². The quantitative estimate of drug-likeness (QED) is 0.927. The first-order valence-corrected chi connectivity index (χ1v) is 7.41. The fourth-order valence-electron chi connectivity index (χ4n) is 3.09. The summed E-state index contributed by atoms with van der Waals surface area (Å²) in [7, 11) is 0. The van der Waals surface area contributed by atoms with Crippen LogP contribution in [0.4, 0.5) is 0 Å². The lowest BCUT2D eigenvalue weighted by Gasteiger charge is -2.30. The molecule has 1 aliphatic heterocycles. The van der Waals surface area contributed by atoms with Crippen molar-refractivity contribution < 1.29 is 14.7 Å². The summed E-state index contributed by atoms with van der Waals surface area (Å²) < 4.78 is 0. The Morgan fingerprint density at radius 1 is 1.29 bits per heavy atom. The Balaban J connectivity index is 2.07. The molecule has 1 saturated heterocycles. The zero-order valence-corrected chi connectivity index (χ0v) is 12.9. The molecule has 0 saturated carbocycles. The summed E-state index contributed by atoms with van der Waals surface area (Å²) in [5.74, 6) is -1.20. The van der Waals surface area contributed by atoms with Crippen LogP contribution in [0.1, 0.15) is 39.2 Å². The van der Waals surface area contributed by atoms with Crippen LogP contribution in [0.2, 0.25) is 0 Å². The van der Waals surface area contributed by atoms with Gasteiger partial charge in [-0.05, 0) is 24.3 Å². The zero-order valence-electron chi connectivity index (χ0n) is 12.9. The number of aliphatic carboxylic acids is 1. The van der Waals surface area contributed by atoms with Gasteiger partial charge in [0.25, 0.3) is 0 Å².